The van der Waals surface area contributed by atoms with E-state index in [4.69, 9.17) is 4.74 Å². The van der Waals surface area contributed by atoms with Gasteiger partial charge in [0.15, 0.2) is 0 Å². The summed E-state index contributed by atoms with van der Waals surface area (Å²) >= 11 is 0. The van der Waals surface area contributed by atoms with Crippen LogP contribution in [0.3, 0.4) is 0 Å². The predicted molar refractivity (Wildman–Crippen MR) is 67.8 cm³/mol. The van der Waals surface area contributed by atoms with Crippen LogP contribution in [0.1, 0.15) is 6.92 Å². The van der Waals surface area contributed by atoms with Crippen LogP contribution in [0, 0.1) is 0 Å². The van der Waals surface area contributed by atoms with E-state index in [-0.39, 0.29) is 16.2 Å². The van der Waals surface area contributed by atoms with E-state index in [1.807, 2.05) is 0 Å². The van der Waals surface area contributed by atoms with Crippen LogP contribution in [-0.4, -0.2) is 32.8 Å². The molecule has 0 saturated heterocycles. The van der Waals surface area contributed by atoms with Crippen molar-refractivity contribution < 1.29 is 17.9 Å². The molecule has 1 rings (SSSR count). The van der Waals surface area contributed by atoms with Crippen molar-refractivity contribution >= 4 is 16.0 Å². The zero-order valence-corrected chi connectivity index (χ0v) is 11.3. The zero-order chi connectivity index (χ0) is 13.9. The van der Waals surface area contributed by atoms with Crippen molar-refractivity contribution in [3.05, 3.63) is 36.4 Å². The third-order valence-electron chi connectivity index (χ3n) is 2.16. The van der Waals surface area contributed by atoms with Crippen molar-refractivity contribution in [1.82, 2.24) is 4.31 Å². The lowest BCUT2D eigenvalue weighted by atomic mass is 10.3. The van der Waals surface area contributed by atoms with Crippen LogP contribution in [0.4, 0.5) is 0 Å². The molecule has 5 nitrogen and oxygen atoms in total. The maximum atomic E-state index is 11.8. The average Bonchev–Trinajstić information content (AvgIpc) is 2.29. The molecular formula is C12H15NO4S. The van der Waals surface area contributed by atoms with Crippen LogP contribution in [-0.2, 0) is 14.8 Å². The Labute approximate surface area is 107 Å². The molecule has 0 atom stereocenters. The first-order valence-corrected chi connectivity index (χ1v) is 6.59. The number of esters is 1. The van der Waals surface area contributed by atoms with Gasteiger partial charge in [-0.2, -0.15) is 0 Å². The van der Waals surface area contributed by atoms with Gasteiger partial charge in [-0.15, -0.1) is 0 Å². The SMILES string of the molecule is C=C(C)C(=O)Oc1ccc(S(=O)(=O)N(C)C)cc1. The summed E-state index contributed by atoms with van der Waals surface area (Å²) in [7, 11) is -0.566. The Morgan fingerprint density at radius 3 is 2.11 bits per heavy atom. The number of benzene rings is 1. The topological polar surface area (TPSA) is 63.7 Å². The lowest BCUT2D eigenvalue weighted by Gasteiger charge is -2.11. The predicted octanol–water partition coefficient (Wildman–Crippen LogP) is 1.42. The van der Waals surface area contributed by atoms with Gasteiger partial charge in [-0.3, -0.25) is 0 Å². The molecule has 0 aliphatic carbocycles. The fraction of sp³-hybridized carbons (Fsp3) is 0.250. The molecule has 0 N–H and O–H groups in total. The van der Waals surface area contributed by atoms with Crippen molar-refractivity contribution in [2.75, 3.05) is 14.1 Å². The molecule has 6 heteroatoms. The van der Waals surface area contributed by atoms with Crippen LogP contribution in [0.25, 0.3) is 0 Å². The summed E-state index contributed by atoms with van der Waals surface area (Å²) in [5.41, 5.74) is 0.278. The molecule has 0 amide bonds. The summed E-state index contributed by atoms with van der Waals surface area (Å²) in [5, 5.41) is 0. The van der Waals surface area contributed by atoms with E-state index < -0.39 is 16.0 Å². The summed E-state index contributed by atoms with van der Waals surface area (Å²) in [4.78, 5) is 11.4. The first-order valence-electron chi connectivity index (χ1n) is 5.15. The van der Waals surface area contributed by atoms with Gasteiger partial charge in [0.2, 0.25) is 10.0 Å². The van der Waals surface area contributed by atoms with Gasteiger partial charge in [-0.05, 0) is 31.2 Å². The Bertz CT molecular complexity index is 558. The van der Waals surface area contributed by atoms with Gasteiger partial charge in [0, 0.05) is 19.7 Å². The molecule has 0 spiro atoms. The van der Waals surface area contributed by atoms with Crippen LogP contribution in [0.15, 0.2) is 41.3 Å². The Hall–Kier alpha value is -1.66. The fourth-order valence-corrected chi connectivity index (χ4v) is 1.99. The molecule has 0 aromatic heterocycles. The highest BCUT2D eigenvalue weighted by atomic mass is 32.2. The molecule has 0 aliphatic heterocycles. The smallest absolute Gasteiger partial charge is 0.338 e. The van der Waals surface area contributed by atoms with Gasteiger partial charge in [0.25, 0.3) is 0 Å². The largest absolute Gasteiger partial charge is 0.423 e. The molecule has 0 unspecified atom stereocenters. The average molecular weight is 269 g/mol. The standard InChI is InChI=1S/C12H15NO4S/c1-9(2)12(14)17-10-5-7-11(8-6-10)18(15,16)13(3)4/h5-8H,1H2,2-4H3. The summed E-state index contributed by atoms with van der Waals surface area (Å²) in [6.45, 7) is 4.99. The molecule has 18 heavy (non-hydrogen) atoms. The first kappa shape index (κ1) is 14.4. The van der Waals surface area contributed by atoms with Crippen molar-refractivity contribution in [3.8, 4) is 5.75 Å². The minimum atomic E-state index is -3.46. The summed E-state index contributed by atoms with van der Waals surface area (Å²) in [6.07, 6.45) is 0. The molecule has 1 aromatic carbocycles. The van der Waals surface area contributed by atoms with Crippen LogP contribution < -0.4 is 4.74 Å². The van der Waals surface area contributed by atoms with E-state index in [2.05, 4.69) is 6.58 Å². The normalized spacial score (nSPS) is 11.3. The minimum absolute atomic E-state index is 0.141. The zero-order valence-electron chi connectivity index (χ0n) is 10.5. The molecule has 0 fully saturated rings. The van der Waals surface area contributed by atoms with E-state index in [1.54, 1.807) is 0 Å². The van der Waals surface area contributed by atoms with E-state index in [9.17, 15) is 13.2 Å². The number of rotatable bonds is 4. The van der Waals surface area contributed by atoms with Gasteiger partial charge in [0.1, 0.15) is 5.75 Å². The molecule has 0 saturated carbocycles. The molecule has 0 heterocycles. The van der Waals surface area contributed by atoms with Crippen LogP contribution in [0.5, 0.6) is 5.75 Å². The van der Waals surface area contributed by atoms with Gasteiger partial charge in [0.05, 0.1) is 4.90 Å². The maximum Gasteiger partial charge on any atom is 0.338 e. The lowest BCUT2D eigenvalue weighted by molar-refractivity contribution is -0.130. The van der Waals surface area contributed by atoms with Crippen molar-refractivity contribution in [1.29, 1.82) is 0 Å². The second-order valence-corrected chi connectivity index (χ2v) is 6.08. The second-order valence-electron chi connectivity index (χ2n) is 3.93. The molecule has 0 aliphatic rings. The highest BCUT2D eigenvalue weighted by Gasteiger charge is 2.17. The van der Waals surface area contributed by atoms with E-state index in [0.29, 0.717) is 0 Å². The first-order chi connectivity index (χ1) is 8.25. The lowest BCUT2D eigenvalue weighted by Crippen LogP contribution is -2.22. The van der Waals surface area contributed by atoms with Gasteiger partial charge in [-0.25, -0.2) is 17.5 Å². The number of ether oxygens (including phenoxy) is 1. The fourth-order valence-electron chi connectivity index (χ4n) is 1.08. The van der Waals surface area contributed by atoms with Gasteiger partial charge < -0.3 is 4.74 Å². The second kappa shape index (κ2) is 5.32. The van der Waals surface area contributed by atoms with Crippen molar-refractivity contribution in [3.63, 3.8) is 0 Å². The molecule has 0 radical (unpaired) electrons. The summed E-state index contributed by atoms with van der Waals surface area (Å²) in [5.74, 6) is -0.265. The van der Waals surface area contributed by atoms with E-state index in [1.165, 1.54) is 45.3 Å². The van der Waals surface area contributed by atoms with Crippen LogP contribution in [0.2, 0.25) is 0 Å². The molecule has 98 valence electrons. The van der Waals surface area contributed by atoms with Crippen molar-refractivity contribution in [2.45, 2.75) is 11.8 Å². The quantitative estimate of drug-likeness (QED) is 0.471. The number of nitrogens with zero attached hydrogens (tertiary/aromatic N) is 1. The number of sulfonamides is 1. The number of hydrogen-bond acceptors (Lipinski definition) is 4. The molecular weight excluding hydrogens is 254 g/mol. The van der Waals surface area contributed by atoms with E-state index in [0.717, 1.165) is 4.31 Å². The van der Waals surface area contributed by atoms with E-state index >= 15 is 0 Å². The minimum Gasteiger partial charge on any atom is -0.423 e. The monoisotopic (exact) mass is 269 g/mol. The van der Waals surface area contributed by atoms with Gasteiger partial charge >= 0.3 is 5.97 Å². The highest BCUT2D eigenvalue weighted by Crippen LogP contribution is 2.18. The summed E-state index contributed by atoms with van der Waals surface area (Å²) < 4.78 is 29.6. The number of carbonyl (C=O) groups excluding carboxylic acids is 1. The third kappa shape index (κ3) is 3.18. The molecule has 1 aromatic rings. The number of hydrogen-bond donors (Lipinski definition) is 0. The Morgan fingerprint density at radius 2 is 1.72 bits per heavy atom. The Kier molecular flexibility index (Phi) is 4.26. The molecule has 0 bridgehead atoms. The Morgan fingerprint density at radius 1 is 1.22 bits per heavy atom. The highest BCUT2D eigenvalue weighted by molar-refractivity contribution is 7.89. The number of carbonyl (C=O) groups is 1. The van der Waals surface area contributed by atoms with Crippen molar-refractivity contribution in [2.24, 2.45) is 0 Å². The van der Waals surface area contributed by atoms with Gasteiger partial charge in [-0.1, -0.05) is 6.58 Å². The third-order valence-corrected chi connectivity index (χ3v) is 3.99. The Balaban J connectivity index is 2.94. The summed E-state index contributed by atoms with van der Waals surface area (Å²) in [6, 6.07) is 5.63. The van der Waals surface area contributed by atoms with Crippen LogP contribution >= 0.6 is 0 Å². The maximum absolute atomic E-state index is 11.8.